The Morgan fingerprint density at radius 1 is 1.43 bits per heavy atom. The lowest BCUT2D eigenvalue weighted by molar-refractivity contribution is -0.167. The zero-order valence-corrected chi connectivity index (χ0v) is 16.4. The molecule has 7 heteroatoms. The third-order valence-corrected chi connectivity index (χ3v) is 4.42. The molecule has 1 radical (unpaired) electrons. The predicted molar refractivity (Wildman–Crippen MR) is 93.6 cm³/mol. The fourth-order valence-corrected chi connectivity index (χ4v) is 3.86. The number of halogens is 1. The molecule has 5 nitrogen and oxygen atoms in total. The maximum Gasteiger partial charge on any atom is 0.353 e. The van der Waals surface area contributed by atoms with Gasteiger partial charge in [0.05, 0.1) is 6.61 Å². The first-order chi connectivity index (χ1) is 10.5. The lowest BCUT2D eigenvalue weighted by atomic mass is 9.71. The number of carbonyl (C=O) groups excluding carboxylic acids is 1. The topological polar surface area (TPSA) is 74.4 Å². The Labute approximate surface area is 145 Å². The molecule has 0 spiro atoms. The summed E-state index contributed by atoms with van der Waals surface area (Å²) in [7, 11) is -1.27. The van der Waals surface area contributed by atoms with E-state index >= 15 is 0 Å². The van der Waals surface area contributed by atoms with Crippen LogP contribution in [-0.2, 0) is 14.0 Å². The van der Waals surface area contributed by atoms with Crippen molar-refractivity contribution < 1.29 is 14.0 Å². The van der Waals surface area contributed by atoms with Gasteiger partial charge in [0.25, 0.3) is 0 Å². The molecule has 2 atom stereocenters. The van der Waals surface area contributed by atoms with Gasteiger partial charge >= 0.3 is 5.97 Å². The van der Waals surface area contributed by atoms with E-state index in [4.69, 9.17) is 26.5 Å². The lowest BCUT2D eigenvalue weighted by Gasteiger charge is -2.43. The van der Waals surface area contributed by atoms with Gasteiger partial charge in [0.1, 0.15) is 5.15 Å². The van der Waals surface area contributed by atoms with Gasteiger partial charge in [-0.25, -0.2) is 9.78 Å². The van der Waals surface area contributed by atoms with Crippen LogP contribution in [0.25, 0.3) is 0 Å². The summed E-state index contributed by atoms with van der Waals surface area (Å²) in [5.41, 5.74) is 5.17. The highest BCUT2D eigenvalue weighted by Gasteiger charge is 2.52. The molecule has 129 valence electrons. The van der Waals surface area contributed by atoms with Crippen LogP contribution >= 0.6 is 11.6 Å². The molecule has 2 unspecified atom stereocenters. The van der Waals surface area contributed by atoms with Gasteiger partial charge < -0.3 is 9.16 Å². The van der Waals surface area contributed by atoms with Gasteiger partial charge in [-0.1, -0.05) is 38.4 Å². The van der Waals surface area contributed by atoms with E-state index in [1.54, 1.807) is 19.2 Å². The summed E-state index contributed by atoms with van der Waals surface area (Å²) in [6.07, 6.45) is 1.60. The van der Waals surface area contributed by atoms with Crippen LogP contribution in [0.15, 0.2) is 18.3 Å². The van der Waals surface area contributed by atoms with E-state index in [1.165, 1.54) is 0 Å². The SMILES string of the molecule is CCOC(=O)C(N)(O[Si](C)C)C(c1cccnc1Cl)C(C)(C)C. The van der Waals surface area contributed by atoms with Gasteiger partial charge in [0.2, 0.25) is 14.8 Å². The van der Waals surface area contributed by atoms with Crippen LogP contribution in [0.4, 0.5) is 0 Å². The largest absolute Gasteiger partial charge is 0.463 e. The standard InChI is InChI=1S/C16H26ClN2O3Si/c1-7-21-14(20)16(18,22-23(5)6)12(15(2,3)4)11-9-8-10-19-13(11)17/h8-10,12H,7,18H2,1-6H3. The Kier molecular flexibility index (Phi) is 6.77. The quantitative estimate of drug-likeness (QED) is 0.365. The summed E-state index contributed by atoms with van der Waals surface area (Å²) in [6, 6.07) is 3.60. The van der Waals surface area contributed by atoms with Crippen LogP contribution in [0, 0.1) is 5.41 Å². The highest BCUT2D eigenvalue weighted by Crippen LogP contribution is 2.45. The number of aromatic nitrogens is 1. The van der Waals surface area contributed by atoms with E-state index in [0.29, 0.717) is 10.7 Å². The zero-order valence-electron chi connectivity index (χ0n) is 14.6. The monoisotopic (exact) mass is 357 g/mol. The number of rotatable bonds is 6. The normalized spacial score (nSPS) is 16.0. The van der Waals surface area contributed by atoms with Gasteiger partial charge in [-0.2, -0.15) is 0 Å². The molecular weight excluding hydrogens is 332 g/mol. The predicted octanol–water partition coefficient (Wildman–Crippen LogP) is 3.35. The van der Waals surface area contributed by atoms with Crippen LogP contribution in [0.1, 0.15) is 39.2 Å². The van der Waals surface area contributed by atoms with Crippen molar-refractivity contribution >= 4 is 26.6 Å². The van der Waals surface area contributed by atoms with E-state index < -0.39 is 32.1 Å². The Morgan fingerprint density at radius 3 is 2.48 bits per heavy atom. The smallest absolute Gasteiger partial charge is 0.353 e. The van der Waals surface area contributed by atoms with Gasteiger partial charge in [-0.3, -0.25) is 5.73 Å². The van der Waals surface area contributed by atoms with Crippen LogP contribution in [0.2, 0.25) is 18.2 Å². The van der Waals surface area contributed by atoms with Crippen LogP contribution in [0.5, 0.6) is 0 Å². The fourth-order valence-electron chi connectivity index (χ4n) is 2.75. The van der Waals surface area contributed by atoms with E-state index in [2.05, 4.69) is 4.98 Å². The second kappa shape index (κ2) is 7.74. The number of pyridine rings is 1. The van der Waals surface area contributed by atoms with Crippen molar-refractivity contribution in [2.24, 2.45) is 11.1 Å². The van der Waals surface area contributed by atoms with E-state index in [1.807, 2.05) is 39.9 Å². The molecule has 0 aromatic carbocycles. The number of hydrogen-bond donors (Lipinski definition) is 1. The molecule has 0 aliphatic rings. The van der Waals surface area contributed by atoms with Crippen LogP contribution in [0.3, 0.4) is 0 Å². The van der Waals surface area contributed by atoms with Gasteiger partial charge in [-0.05, 0) is 37.1 Å². The number of esters is 1. The van der Waals surface area contributed by atoms with Crippen molar-refractivity contribution in [1.29, 1.82) is 0 Å². The van der Waals surface area contributed by atoms with E-state index in [9.17, 15) is 4.79 Å². The van der Waals surface area contributed by atoms with Crippen molar-refractivity contribution in [2.45, 2.75) is 52.4 Å². The number of ether oxygens (including phenoxy) is 1. The molecule has 1 aromatic rings. The Balaban J connectivity index is 3.52. The maximum absolute atomic E-state index is 12.7. The third kappa shape index (κ3) is 4.76. The summed E-state index contributed by atoms with van der Waals surface area (Å²) in [6.45, 7) is 11.8. The first-order valence-electron chi connectivity index (χ1n) is 7.59. The highest BCUT2D eigenvalue weighted by molar-refractivity contribution is 6.48. The minimum Gasteiger partial charge on any atom is -0.463 e. The summed E-state index contributed by atoms with van der Waals surface area (Å²) >= 11 is 6.28. The highest BCUT2D eigenvalue weighted by atomic mass is 35.5. The van der Waals surface area contributed by atoms with Crippen molar-refractivity contribution in [2.75, 3.05) is 6.61 Å². The summed E-state index contributed by atoms with van der Waals surface area (Å²) in [5, 5.41) is 0.316. The lowest BCUT2D eigenvalue weighted by Crippen LogP contribution is -2.60. The number of nitrogens with two attached hydrogens (primary N) is 1. The van der Waals surface area contributed by atoms with Crippen molar-refractivity contribution in [3.05, 3.63) is 29.0 Å². The minimum atomic E-state index is -1.61. The molecule has 0 amide bonds. The molecular formula is C16H26ClN2O3Si. The molecule has 1 aromatic heterocycles. The number of carbonyl (C=O) groups is 1. The molecule has 1 rings (SSSR count). The second-order valence-corrected chi connectivity index (χ2v) is 9.08. The first-order valence-corrected chi connectivity index (χ1v) is 10.4. The summed E-state index contributed by atoms with van der Waals surface area (Å²) in [4.78, 5) is 16.8. The number of nitrogens with zero attached hydrogens (tertiary/aromatic N) is 1. The summed E-state index contributed by atoms with van der Waals surface area (Å²) in [5.74, 6) is -1.08. The van der Waals surface area contributed by atoms with Crippen LogP contribution < -0.4 is 5.73 Å². The molecule has 2 N–H and O–H groups in total. The number of hydrogen-bond acceptors (Lipinski definition) is 5. The minimum absolute atomic E-state index is 0.230. The molecule has 0 saturated heterocycles. The second-order valence-electron chi connectivity index (χ2n) is 6.71. The summed E-state index contributed by atoms with van der Waals surface area (Å²) < 4.78 is 11.2. The van der Waals surface area contributed by atoms with Crippen molar-refractivity contribution in [3.63, 3.8) is 0 Å². The Hall–Kier alpha value is -0.953. The molecule has 23 heavy (non-hydrogen) atoms. The van der Waals surface area contributed by atoms with Gasteiger partial charge in [0, 0.05) is 12.1 Å². The molecule has 0 aliphatic heterocycles. The van der Waals surface area contributed by atoms with Crippen molar-refractivity contribution in [1.82, 2.24) is 4.98 Å². The maximum atomic E-state index is 12.7. The average molecular weight is 358 g/mol. The first kappa shape index (κ1) is 20.1. The Bertz CT molecular complexity index is 548. The molecule has 0 bridgehead atoms. The van der Waals surface area contributed by atoms with E-state index in [0.717, 1.165) is 0 Å². The molecule has 0 fully saturated rings. The third-order valence-electron chi connectivity index (χ3n) is 3.36. The average Bonchev–Trinajstić information content (AvgIpc) is 2.39. The van der Waals surface area contributed by atoms with Crippen LogP contribution in [-0.4, -0.2) is 32.3 Å². The van der Waals surface area contributed by atoms with Crippen molar-refractivity contribution in [3.8, 4) is 0 Å². The molecule has 1 heterocycles. The molecule has 0 aliphatic carbocycles. The van der Waals surface area contributed by atoms with E-state index in [-0.39, 0.29) is 6.61 Å². The molecule has 0 saturated carbocycles. The zero-order chi connectivity index (χ0) is 17.8. The Morgan fingerprint density at radius 2 is 2.04 bits per heavy atom. The fraction of sp³-hybridized carbons (Fsp3) is 0.625. The van der Waals surface area contributed by atoms with Gasteiger partial charge in [-0.15, -0.1) is 0 Å². The van der Waals surface area contributed by atoms with Gasteiger partial charge in [0.15, 0.2) is 0 Å².